The number of hydrogen-bond donors (Lipinski definition) is 1. The van der Waals surface area contributed by atoms with Gasteiger partial charge in [-0.1, -0.05) is 24.3 Å². The zero-order valence-corrected chi connectivity index (χ0v) is 15.9. The van der Waals surface area contributed by atoms with Gasteiger partial charge in [-0.15, -0.1) is 6.58 Å². The summed E-state index contributed by atoms with van der Waals surface area (Å²) in [5.41, 5.74) is -0.269. The summed E-state index contributed by atoms with van der Waals surface area (Å²) < 4.78 is 11.5. The van der Waals surface area contributed by atoms with Crippen LogP contribution in [0.2, 0.25) is 0 Å². The minimum absolute atomic E-state index is 0.0193. The molecule has 0 aliphatic carbocycles. The van der Waals surface area contributed by atoms with Crippen molar-refractivity contribution in [2.45, 2.75) is 64.4 Å². The summed E-state index contributed by atoms with van der Waals surface area (Å²) in [4.78, 5) is 14.5. The van der Waals surface area contributed by atoms with Crippen LogP contribution >= 0.6 is 0 Å². The third kappa shape index (κ3) is 4.98. The molecule has 1 amide bonds. The molecule has 2 rings (SSSR count). The number of ether oxygens (including phenoxy) is 2. The topological polar surface area (TPSA) is 50.8 Å². The van der Waals surface area contributed by atoms with Crippen molar-refractivity contribution in [3.8, 4) is 0 Å². The summed E-state index contributed by atoms with van der Waals surface area (Å²) in [6.07, 6.45) is 2.21. The van der Waals surface area contributed by atoms with E-state index in [4.69, 9.17) is 9.47 Å². The first-order valence-corrected chi connectivity index (χ1v) is 8.73. The summed E-state index contributed by atoms with van der Waals surface area (Å²) in [6, 6.07) is 9.78. The first kappa shape index (κ1) is 19.3. The predicted octanol–water partition coefficient (Wildman–Crippen LogP) is 4.42. The van der Waals surface area contributed by atoms with Crippen LogP contribution in [-0.2, 0) is 9.47 Å². The lowest BCUT2D eigenvalue weighted by Crippen LogP contribution is -2.54. The molecule has 0 radical (unpaired) electrons. The molecule has 5 heteroatoms. The zero-order valence-electron chi connectivity index (χ0n) is 15.9. The first-order chi connectivity index (χ1) is 11.6. The Morgan fingerprint density at radius 2 is 2.08 bits per heavy atom. The number of benzene rings is 1. The lowest BCUT2D eigenvalue weighted by atomic mass is 10.0. The fourth-order valence-corrected chi connectivity index (χ4v) is 3.04. The number of carbonyl (C=O) groups is 1. The summed E-state index contributed by atoms with van der Waals surface area (Å²) in [6.45, 7) is 13.7. The molecule has 1 saturated heterocycles. The normalized spacial score (nSPS) is 20.8. The highest BCUT2D eigenvalue weighted by Gasteiger charge is 2.48. The maximum absolute atomic E-state index is 12.8. The number of rotatable bonds is 5. The Bertz CT molecular complexity index is 593. The van der Waals surface area contributed by atoms with Crippen molar-refractivity contribution in [1.82, 2.24) is 4.90 Å². The molecule has 25 heavy (non-hydrogen) atoms. The van der Waals surface area contributed by atoms with Crippen LogP contribution in [0.4, 0.5) is 10.5 Å². The van der Waals surface area contributed by atoms with Crippen LogP contribution in [0.3, 0.4) is 0 Å². The minimum Gasteiger partial charge on any atom is -0.444 e. The molecule has 0 bridgehead atoms. The minimum atomic E-state index is -0.717. The van der Waals surface area contributed by atoms with Gasteiger partial charge in [0.05, 0.1) is 18.7 Å². The fourth-order valence-electron chi connectivity index (χ4n) is 3.04. The van der Waals surface area contributed by atoms with Crippen molar-refractivity contribution in [2.75, 3.05) is 11.9 Å². The third-order valence-corrected chi connectivity index (χ3v) is 4.12. The van der Waals surface area contributed by atoms with Crippen molar-refractivity contribution < 1.29 is 14.3 Å². The summed E-state index contributed by atoms with van der Waals surface area (Å²) >= 11 is 0. The lowest BCUT2D eigenvalue weighted by Gasteiger charge is -2.38. The molecular weight excluding hydrogens is 316 g/mol. The summed E-state index contributed by atoms with van der Waals surface area (Å²) in [5, 5.41) is 3.51. The number of hydrogen-bond acceptors (Lipinski definition) is 4. The molecule has 0 spiro atoms. The van der Waals surface area contributed by atoms with Crippen molar-refractivity contribution in [3.05, 3.63) is 43.0 Å². The summed E-state index contributed by atoms with van der Waals surface area (Å²) in [5.74, 6) is 0. The van der Waals surface area contributed by atoms with Crippen molar-refractivity contribution in [1.29, 1.82) is 0 Å². The second-order valence-electron chi connectivity index (χ2n) is 7.82. The van der Waals surface area contributed by atoms with Crippen molar-refractivity contribution >= 4 is 11.8 Å². The Kier molecular flexibility index (Phi) is 5.78. The Morgan fingerprint density at radius 3 is 2.64 bits per heavy atom. The maximum Gasteiger partial charge on any atom is 0.412 e. The van der Waals surface area contributed by atoms with Crippen LogP contribution < -0.4 is 5.32 Å². The van der Waals surface area contributed by atoms with Crippen molar-refractivity contribution in [2.24, 2.45) is 0 Å². The average Bonchev–Trinajstić information content (AvgIpc) is 2.81. The molecule has 1 aliphatic rings. The Morgan fingerprint density at radius 1 is 1.44 bits per heavy atom. The van der Waals surface area contributed by atoms with Crippen LogP contribution in [0, 0.1) is 0 Å². The van der Waals surface area contributed by atoms with E-state index in [9.17, 15) is 4.79 Å². The molecule has 1 unspecified atom stereocenters. The van der Waals surface area contributed by atoms with Gasteiger partial charge in [0.15, 0.2) is 0 Å². The van der Waals surface area contributed by atoms with Gasteiger partial charge in [-0.3, -0.25) is 4.90 Å². The molecular formula is C20H30N2O3. The van der Waals surface area contributed by atoms with Gasteiger partial charge in [0.1, 0.15) is 11.3 Å². The fraction of sp³-hybridized carbons (Fsp3) is 0.550. The van der Waals surface area contributed by atoms with E-state index in [1.807, 2.05) is 71.0 Å². The van der Waals surface area contributed by atoms with E-state index < -0.39 is 11.3 Å². The van der Waals surface area contributed by atoms with Crippen molar-refractivity contribution in [3.63, 3.8) is 0 Å². The molecule has 1 N–H and O–H groups in total. The molecule has 1 aliphatic heterocycles. The standard InChI is InChI=1S/C20H30N2O3/c1-7-11-16(21-15-12-9-8-10-13-15)17-14-24-20(5,6)22(17)18(23)25-19(2,3)4/h7-10,12-13,16-17,21H,1,11,14H2,2-6H3/t16?,17-/m0/s1. The van der Waals surface area contributed by atoms with Crippen LogP contribution in [0.25, 0.3) is 0 Å². The number of carbonyl (C=O) groups excluding carboxylic acids is 1. The highest BCUT2D eigenvalue weighted by Crippen LogP contribution is 2.32. The van der Waals surface area contributed by atoms with Gasteiger partial charge in [0.25, 0.3) is 0 Å². The zero-order chi connectivity index (χ0) is 18.7. The number of amides is 1. The smallest absolute Gasteiger partial charge is 0.412 e. The average molecular weight is 346 g/mol. The molecule has 1 aromatic rings. The molecule has 1 fully saturated rings. The van der Waals surface area contributed by atoms with Gasteiger partial charge >= 0.3 is 6.09 Å². The monoisotopic (exact) mass is 346 g/mol. The van der Waals surface area contributed by atoms with Gasteiger partial charge in [0.2, 0.25) is 0 Å². The molecule has 2 atom stereocenters. The van der Waals surface area contributed by atoms with E-state index in [1.54, 1.807) is 4.90 Å². The predicted molar refractivity (Wildman–Crippen MR) is 101 cm³/mol. The SMILES string of the molecule is C=CCC(Nc1ccccc1)[C@@H]1COC(C)(C)N1C(=O)OC(C)(C)C. The number of nitrogens with one attached hydrogen (secondary N) is 1. The van der Waals surface area contributed by atoms with Crippen LogP contribution in [0.15, 0.2) is 43.0 Å². The van der Waals surface area contributed by atoms with Gasteiger partial charge < -0.3 is 14.8 Å². The quantitative estimate of drug-likeness (QED) is 0.802. The maximum atomic E-state index is 12.8. The number of nitrogens with zero attached hydrogens (tertiary/aromatic N) is 1. The van der Waals surface area contributed by atoms with Crippen LogP contribution in [0.1, 0.15) is 41.0 Å². The molecule has 5 nitrogen and oxygen atoms in total. The molecule has 0 saturated carbocycles. The van der Waals surface area contributed by atoms with E-state index in [2.05, 4.69) is 11.9 Å². The van der Waals surface area contributed by atoms with Gasteiger partial charge in [-0.25, -0.2) is 4.79 Å². The Balaban J connectivity index is 2.25. The Labute approximate surface area is 151 Å². The number of para-hydroxylation sites is 1. The lowest BCUT2D eigenvalue weighted by molar-refractivity contribution is -0.0629. The van der Waals surface area contributed by atoms with E-state index in [1.165, 1.54) is 0 Å². The van der Waals surface area contributed by atoms with Gasteiger partial charge in [-0.05, 0) is 53.2 Å². The van der Waals surface area contributed by atoms with Crippen LogP contribution in [-0.4, -0.2) is 41.0 Å². The summed E-state index contributed by atoms with van der Waals surface area (Å²) in [7, 11) is 0. The second kappa shape index (κ2) is 7.48. The van der Waals surface area contributed by atoms with E-state index in [0.717, 1.165) is 5.69 Å². The molecule has 1 aromatic carbocycles. The van der Waals surface area contributed by atoms with E-state index in [0.29, 0.717) is 13.0 Å². The van der Waals surface area contributed by atoms with E-state index in [-0.39, 0.29) is 18.2 Å². The highest BCUT2D eigenvalue weighted by atomic mass is 16.6. The largest absolute Gasteiger partial charge is 0.444 e. The first-order valence-electron chi connectivity index (χ1n) is 8.73. The van der Waals surface area contributed by atoms with Gasteiger partial charge in [0, 0.05) is 5.69 Å². The molecule has 1 heterocycles. The van der Waals surface area contributed by atoms with E-state index >= 15 is 0 Å². The molecule has 0 aromatic heterocycles. The van der Waals surface area contributed by atoms with Crippen LogP contribution in [0.5, 0.6) is 0 Å². The third-order valence-electron chi connectivity index (χ3n) is 4.12. The Hall–Kier alpha value is -2.01. The second-order valence-corrected chi connectivity index (χ2v) is 7.82. The number of anilines is 1. The molecule has 138 valence electrons. The highest BCUT2D eigenvalue weighted by molar-refractivity contribution is 5.70. The van der Waals surface area contributed by atoms with Gasteiger partial charge in [-0.2, -0.15) is 0 Å².